The molecule has 1 saturated heterocycles. The van der Waals surface area contributed by atoms with Gasteiger partial charge >= 0.3 is 6.72 Å². The molecular weight excluding hydrogens is 369 g/mol. The van der Waals surface area contributed by atoms with E-state index >= 15 is 0 Å². The van der Waals surface area contributed by atoms with Gasteiger partial charge in [0.05, 0.1) is 18.5 Å². The van der Waals surface area contributed by atoms with E-state index in [1.807, 2.05) is 13.8 Å². The fraction of sp³-hybridized carbons (Fsp3) is 0.615. The van der Waals surface area contributed by atoms with Gasteiger partial charge in [-0.2, -0.15) is 4.98 Å². The lowest BCUT2D eigenvalue weighted by atomic mass is 9.93. The first kappa shape index (κ1) is 18.4. The summed E-state index contributed by atoms with van der Waals surface area (Å²) >= 11 is 4.50. The molecule has 0 aromatic carbocycles. The molecule has 1 unspecified atom stereocenters. The third kappa shape index (κ3) is 3.76. The normalized spacial score (nSPS) is 27.2. The molecule has 138 valence electrons. The van der Waals surface area contributed by atoms with E-state index in [1.54, 1.807) is 4.57 Å². The van der Waals surface area contributed by atoms with Crippen LogP contribution in [0.3, 0.4) is 0 Å². The Balaban J connectivity index is 1.94. The maximum Gasteiger partial charge on any atom is 0.321 e. The van der Waals surface area contributed by atoms with Crippen molar-refractivity contribution in [1.82, 2.24) is 19.5 Å². The minimum Gasteiger partial charge on any atom is -0.369 e. The Hall–Kier alpha value is -1.36. The van der Waals surface area contributed by atoms with Gasteiger partial charge in [0.15, 0.2) is 11.2 Å². The molecule has 3 atom stereocenters. The van der Waals surface area contributed by atoms with Crippen molar-refractivity contribution < 1.29 is 19.0 Å². The molecule has 12 heteroatoms. The van der Waals surface area contributed by atoms with E-state index in [9.17, 15) is 14.6 Å². The van der Waals surface area contributed by atoms with Gasteiger partial charge in [0.1, 0.15) is 6.23 Å². The number of nitrogens with zero attached hydrogens (tertiary/aromatic N) is 3. The highest BCUT2D eigenvalue weighted by Gasteiger charge is 2.45. The van der Waals surface area contributed by atoms with Gasteiger partial charge in [0.25, 0.3) is 5.56 Å². The molecule has 3 heterocycles. The number of fused-ring (bicyclic) bond motifs is 1. The first-order valence-corrected chi connectivity index (χ1v) is 10.3. The molecule has 5 N–H and O–H groups in total. The van der Waals surface area contributed by atoms with Crippen LogP contribution >= 0.6 is 6.72 Å². The number of nitrogens with two attached hydrogens (primary N) is 1. The second-order valence-electron chi connectivity index (χ2n) is 6.37. The van der Waals surface area contributed by atoms with Crippen molar-refractivity contribution in [3.8, 4) is 0 Å². The number of ether oxygens (including phenoxy) is 1. The average molecular weight is 389 g/mol. The standard InChI is InChI=1S/C13H20N5O5PS/c1-3-7-4-13(2,5-22-24(20,21)25)23-11(7)18-6-15-8-9(18)16-12(14)17-10(8)19/h6-7,11H,3-5H2,1-2H3,(H2,20,21,25)(H3,14,16,17,19)/t7-,11-,13?/m1/s1. The molecule has 2 aromatic rings. The minimum absolute atomic E-state index is 0.00218. The van der Waals surface area contributed by atoms with Crippen LogP contribution in [0.1, 0.15) is 32.9 Å². The number of H-pyrrole nitrogens is 1. The van der Waals surface area contributed by atoms with Gasteiger partial charge in [-0.15, -0.1) is 0 Å². The average Bonchev–Trinajstić information content (AvgIpc) is 3.06. The van der Waals surface area contributed by atoms with Crippen LogP contribution in [0.2, 0.25) is 0 Å². The molecule has 0 amide bonds. The van der Waals surface area contributed by atoms with Crippen molar-refractivity contribution in [2.75, 3.05) is 12.3 Å². The topological polar surface area (TPSA) is 149 Å². The van der Waals surface area contributed by atoms with Crippen molar-refractivity contribution in [3.63, 3.8) is 0 Å². The van der Waals surface area contributed by atoms with Gasteiger partial charge in [-0.25, -0.2) is 4.98 Å². The smallest absolute Gasteiger partial charge is 0.321 e. The second-order valence-corrected chi connectivity index (χ2v) is 9.04. The van der Waals surface area contributed by atoms with Crippen molar-refractivity contribution in [1.29, 1.82) is 0 Å². The molecule has 0 saturated carbocycles. The molecule has 1 fully saturated rings. The molecule has 0 bridgehead atoms. The quantitative estimate of drug-likeness (QED) is 0.540. The van der Waals surface area contributed by atoms with Gasteiger partial charge < -0.3 is 24.8 Å². The molecule has 3 rings (SSSR count). The molecule has 0 spiro atoms. The molecule has 1 aliphatic heterocycles. The zero-order valence-electron chi connectivity index (χ0n) is 13.7. The summed E-state index contributed by atoms with van der Waals surface area (Å²) < 4.78 is 12.8. The monoisotopic (exact) mass is 389 g/mol. The molecular formula is C13H20N5O5PS. The van der Waals surface area contributed by atoms with Crippen LogP contribution in [0.4, 0.5) is 5.95 Å². The van der Waals surface area contributed by atoms with Crippen LogP contribution in [-0.4, -0.2) is 41.5 Å². The summed E-state index contributed by atoms with van der Waals surface area (Å²) in [6.45, 7) is 0.0218. The van der Waals surface area contributed by atoms with Crippen LogP contribution in [0.5, 0.6) is 0 Å². The largest absolute Gasteiger partial charge is 0.369 e. The zero-order chi connectivity index (χ0) is 18.4. The van der Waals surface area contributed by atoms with E-state index in [-0.39, 0.29) is 24.0 Å². The summed E-state index contributed by atoms with van der Waals surface area (Å²) in [5.41, 5.74) is 4.98. The third-order valence-electron chi connectivity index (χ3n) is 4.29. The number of hydrogen-bond donors (Lipinski definition) is 4. The number of hydrogen-bond acceptors (Lipinski definition) is 7. The fourth-order valence-corrected chi connectivity index (χ4v) is 3.76. The maximum absolute atomic E-state index is 11.9. The third-order valence-corrected chi connectivity index (χ3v) is 5.07. The lowest BCUT2D eigenvalue weighted by molar-refractivity contribution is -0.0875. The fourth-order valence-electron chi connectivity index (χ4n) is 3.16. The highest BCUT2D eigenvalue weighted by molar-refractivity contribution is 8.06. The highest BCUT2D eigenvalue weighted by Crippen LogP contribution is 2.46. The summed E-state index contributed by atoms with van der Waals surface area (Å²) in [5.74, 6) is 0.0844. The van der Waals surface area contributed by atoms with Gasteiger partial charge in [0, 0.05) is 5.92 Å². The molecule has 25 heavy (non-hydrogen) atoms. The Morgan fingerprint density at radius 2 is 2.36 bits per heavy atom. The zero-order valence-corrected chi connectivity index (χ0v) is 15.5. The van der Waals surface area contributed by atoms with Gasteiger partial charge in [-0.05, 0) is 31.6 Å². The van der Waals surface area contributed by atoms with E-state index in [2.05, 4.69) is 26.8 Å². The van der Waals surface area contributed by atoms with Crippen LogP contribution in [-0.2, 0) is 21.1 Å². The van der Waals surface area contributed by atoms with Gasteiger partial charge in [0.2, 0.25) is 5.95 Å². The van der Waals surface area contributed by atoms with Gasteiger partial charge in [-0.3, -0.25) is 14.3 Å². The maximum atomic E-state index is 11.9. The Kier molecular flexibility index (Phi) is 4.73. The summed E-state index contributed by atoms with van der Waals surface area (Å²) in [4.78, 5) is 41.2. The summed E-state index contributed by atoms with van der Waals surface area (Å²) in [6, 6.07) is 0. The SMILES string of the molecule is CC[C@@H]1CC(C)(COP(O)(O)=S)O[C@H]1n1cnc2c(=O)[nH]c(N)nc21. The summed E-state index contributed by atoms with van der Waals surface area (Å²) in [6.07, 6.45) is 2.47. The first-order valence-electron chi connectivity index (χ1n) is 7.72. The van der Waals surface area contributed by atoms with Gasteiger partial charge in [-0.1, -0.05) is 6.92 Å². The number of aromatic amines is 1. The highest BCUT2D eigenvalue weighted by atomic mass is 32.5. The van der Waals surface area contributed by atoms with Crippen LogP contribution in [0, 0.1) is 5.92 Å². The number of imidazole rings is 1. The van der Waals surface area contributed by atoms with E-state index < -0.39 is 24.1 Å². The Bertz CT molecular complexity index is 895. The van der Waals surface area contributed by atoms with E-state index in [4.69, 9.17) is 15.0 Å². The van der Waals surface area contributed by atoms with E-state index in [1.165, 1.54) is 6.33 Å². The lowest BCUT2D eigenvalue weighted by Crippen LogP contribution is -2.30. The Labute approximate surface area is 148 Å². The predicted octanol–water partition coefficient (Wildman–Crippen LogP) is 0.631. The number of rotatable bonds is 5. The minimum atomic E-state index is -3.76. The van der Waals surface area contributed by atoms with Crippen molar-refractivity contribution >= 4 is 35.6 Å². The molecule has 0 radical (unpaired) electrons. The number of nitrogens with one attached hydrogen (secondary N) is 1. The summed E-state index contributed by atoms with van der Waals surface area (Å²) in [5, 5.41) is 0. The van der Waals surface area contributed by atoms with E-state index in [0.29, 0.717) is 12.1 Å². The number of nitrogen functional groups attached to an aromatic ring is 1. The Morgan fingerprint density at radius 3 is 3.00 bits per heavy atom. The Morgan fingerprint density at radius 1 is 1.64 bits per heavy atom. The number of aromatic nitrogens is 4. The summed E-state index contributed by atoms with van der Waals surface area (Å²) in [7, 11) is 0. The molecule has 2 aromatic heterocycles. The van der Waals surface area contributed by atoms with Crippen LogP contribution < -0.4 is 11.3 Å². The van der Waals surface area contributed by atoms with Crippen LogP contribution in [0.25, 0.3) is 11.2 Å². The van der Waals surface area contributed by atoms with Crippen molar-refractivity contribution in [3.05, 3.63) is 16.7 Å². The van der Waals surface area contributed by atoms with E-state index in [0.717, 1.165) is 6.42 Å². The predicted molar refractivity (Wildman–Crippen MR) is 94.2 cm³/mol. The van der Waals surface area contributed by atoms with Crippen LogP contribution in [0.15, 0.2) is 11.1 Å². The number of anilines is 1. The van der Waals surface area contributed by atoms with Crippen molar-refractivity contribution in [2.45, 2.75) is 38.5 Å². The second kappa shape index (κ2) is 6.42. The molecule has 10 nitrogen and oxygen atoms in total. The lowest BCUT2D eigenvalue weighted by Gasteiger charge is -2.25. The molecule has 0 aliphatic carbocycles. The molecule has 1 aliphatic rings. The van der Waals surface area contributed by atoms with Crippen molar-refractivity contribution in [2.24, 2.45) is 5.92 Å². The first-order chi connectivity index (χ1) is 11.6.